The van der Waals surface area contributed by atoms with Gasteiger partial charge in [-0.25, -0.2) is 0 Å². The highest BCUT2D eigenvalue weighted by Gasteiger charge is 2.33. The molecular weight excluding hydrogens is 380 g/mol. The van der Waals surface area contributed by atoms with Crippen molar-refractivity contribution in [1.29, 1.82) is 0 Å². The first-order chi connectivity index (χ1) is 13.9. The van der Waals surface area contributed by atoms with Crippen molar-refractivity contribution in [2.45, 2.75) is 19.3 Å². The number of imide groups is 1. The smallest absolute Gasteiger partial charge is 0.326 e. The van der Waals surface area contributed by atoms with Crippen molar-refractivity contribution in [2.75, 3.05) is 33.4 Å². The van der Waals surface area contributed by atoms with Crippen LogP contribution in [0.25, 0.3) is 0 Å². The van der Waals surface area contributed by atoms with E-state index in [0.717, 1.165) is 4.90 Å². The second kappa shape index (κ2) is 8.85. The highest BCUT2D eigenvalue weighted by molar-refractivity contribution is 6.11. The zero-order chi connectivity index (χ0) is 21.0. The number of benzene rings is 1. The molecule has 3 amide bonds. The molecule has 1 fully saturated rings. The van der Waals surface area contributed by atoms with Gasteiger partial charge in [-0.1, -0.05) is 18.2 Å². The van der Waals surface area contributed by atoms with Crippen LogP contribution in [0.2, 0.25) is 0 Å². The lowest BCUT2D eigenvalue weighted by molar-refractivity contribution is -0.155. The van der Waals surface area contributed by atoms with Crippen molar-refractivity contribution in [3.63, 3.8) is 0 Å². The molecule has 29 heavy (non-hydrogen) atoms. The lowest BCUT2D eigenvalue weighted by atomic mass is 9.97. The number of methoxy groups -OCH3 is 1. The summed E-state index contributed by atoms with van der Waals surface area (Å²) in [6.45, 7) is -0.274. The second-order valence-electron chi connectivity index (χ2n) is 6.96. The Hall–Kier alpha value is -3.23. The van der Waals surface area contributed by atoms with Crippen LogP contribution >= 0.6 is 0 Å². The molecule has 9 nitrogen and oxygen atoms in total. The zero-order valence-electron chi connectivity index (χ0n) is 16.1. The lowest BCUT2D eigenvalue weighted by Gasteiger charge is -2.30. The summed E-state index contributed by atoms with van der Waals surface area (Å²) in [5.41, 5.74) is 1.00. The van der Waals surface area contributed by atoms with E-state index in [9.17, 15) is 24.0 Å². The third-order valence-corrected chi connectivity index (χ3v) is 5.16. The summed E-state index contributed by atoms with van der Waals surface area (Å²) >= 11 is 0. The quantitative estimate of drug-likeness (QED) is 0.510. The summed E-state index contributed by atoms with van der Waals surface area (Å²) in [5.74, 6) is -2.77. The summed E-state index contributed by atoms with van der Waals surface area (Å²) in [6.07, 6.45) is 1.01. The SMILES string of the molecule is COC(=O)C1CCN(C(=O)COC(=O)CN2C(=O)Cc3ccccc3C2=O)CC1. The molecule has 0 aromatic heterocycles. The minimum atomic E-state index is -0.830. The van der Waals surface area contributed by atoms with Gasteiger partial charge in [0.05, 0.1) is 19.4 Å². The number of rotatable bonds is 5. The Morgan fingerprint density at radius 1 is 1.10 bits per heavy atom. The lowest BCUT2D eigenvalue weighted by Crippen LogP contribution is -2.46. The van der Waals surface area contributed by atoms with Gasteiger partial charge in [-0.2, -0.15) is 0 Å². The number of amides is 3. The number of piperidine rings is 1. The van der Waals surface area contributed by atoms with Crippen molar-refractivity contribution in [3.8, 4) is 0 Å². The molecule has 3 rings (SSSR count). The first kappa shape index (κ1) is 20.5. The van der Waals surface area contributed by atoms with Crippen molar-refractivity contribution < 1.29 is 33.4 Å². The minimum Gasteiger partial charge on any atom is -0.469 e. The minimum absolute atomic E-state index is 0.0310. The molecule has 9 heteroatoms. The monoisotopic (exact) mass is 402 g/mol. The van der Waals surface area contributed by atoms with Crippen LogP contribution in [-0.2, 0) is 35.1 Å². The highest BCUT2D eigenvalue weighted by Crippen LogP contribution is 2.20. The summed E-state index contributed by atoms with van der Waals surface area (Å²) in [7, 11) is 1.33. The van der Waals surface area contributed by atoms with E-state index >= 15 is 0 Å². The van der Waals surface area contributed by atoms with Gasteiger partial charge in [0, 0.05) is 18.7 Å². The van der Waals surface area contributed by atoms with E-state index in [1.54, 1.807) is 24.3 Å². The Kier molecular flexibility index (Phi) is 6.26. The molecule has 0 N–H and O–H groups in total. The van der Waals surface area contributed by atoms with Gasteiger partial charge in [-0.3, -0.25) is 28.9 Å². The molecular formula is C20H22N2O7. The summed E-state index contributed by atoms with van der Waals surface area (Å²) in [6, 6.07) is 6.72. The number of likely N-dealkylation sites (tertiary alicyclic amines) is 1. The number of esters is 2. The summed E-state index contributed by atoms with van der Waals surface area (Å²) in [4.78, 5) is 62.8. The van der Waals surface area contributed by atoms with Crippen LogP contribution in [0.3, 0.4) is 0 Å². The van der Waals surface area contributed by atoms with Gasteiger partial charge in [-0.05, 0) is 24.5 Å². The number of hydrogen-bond donors (Lipinski definition) is 0. The number of hydrogen-bond acceptors (Lipinski definition) is 7. The number of fused-ring (bicyclic) bond motifs is 1. The summed E-state index contributed by atoms with van der Waals surface area (Å²) in [5, 5.41) is 0. The standard InChI is InChI=1S/C20H22N2O7/c1-28-20(27)13-6-8-21(9-7-13)17(24)12-29-18(25)11-22-16(23)10-14-4-2-3-5-15(14)19(22)26/h2-5,13H,6-12H2,1H3. The van der Waals surface area contributed by atoms with Gasteiger partial charge in [0.2, 0.25) is 5.91 Å². The van der Waals surface area contributed by atoms with E-state index in [-0.39, 0.29) is 24.2 Å². The van der Waals surface area contributed by atoms with Crippen molar-refractivity contribution >= 4 is 29.7 Å². The molecule has 0 spiro atoms. The topological polar surface area (TPSA) is 110 Å². The van der Waals surface area contributed by atoms with Gasteiger partial charge in [0.25, 0.3) is 11.8 Å². The first-order valence-electron chi connectivity index (χ1n) is 9.34. The molecule has 0 bridgehead atoms. The maximum absolute atomic E-state index is 12.4. The van der Waals surface area contributed by atoms with Crippen molar-refractivity contribution in [3.05, 3.63) is 35.4 Å². The molecule has 0 atom stereocenters. The normalized spacial score (nSPS) is 17.0. The molecule has 2 aliphatic rings. The average molecular weight is 402 g/mol. The molecule has 1 aromatic carbocycles. The second-order valence-corrected chi connectivity index (χ2v) is 6.96. The van der Waals surface area contributed by atoms with Gasteiger partial charge in [0.1, 0.15) is 6.54 Å². The van der Waals surface area contributed by atoms with E-state index in [4.69, 9.17) is 9.47 Å². The third-order valence-electron chi connectivity index (χ3n) is 5.16. The maximum Gasteiger partial charge on any atom is 0.326 e. The Morgan fingerprint density at radius 3 is 2.48 bits per heavy atom. The van der Waals surface area contributed by atoms with E-state index < -0.39 is 30.9 Å². The van der Waals surface area contributed by atoms with Crippen molar-refractivity contribution in [2.24, 2.45) is 5.92 Å². The molecule has 0 saturated carbocycles. The van der Waals surface area contributed by atoms with Crippen LogP contribution in [-0.4, -0.2) is 72.8 Å². The van der Waals surface area contributed by atoms with E-state index in [2.05, 4.69) is 0 Å². The predicted octanol–water partition coefficient (Wildman–Crippen LogP) is 0.166. The maximum atomic E-state index is 12.4. The largest absolute Gasteiger partial charge is 0.469 e. The third kappa shape index (κ3) is 4.61. The van der Waals surface area contributed by atoms with Crippen LogP contribution in [0.1, 0.15) is 28.8 Å². The van der Waals surface area contributed by atoms with E-state index in [0.29, 0.717) is 37.1 Å². The fourth-order valence-electron chi connectivity index (χ4n) is 3.50. The van der Waals surface area contributed by atoms with Crippen LogP contribution < -0.4 is 0 Å². The van der Waals surface area contributed by atoms with Crippen LogP contribution in [0.15, 0.2) is 24.3 Å². The van der Waals surface area contributed by atoms with E-state index in [1.807, 2.05) is 0 Å². The van der Waals surface area contributed by atoms with Gasteiger partial charge in [-0.15, -0.1) is 0 Å². The Morgan fingerprint density at radius 2 is 1.79 bits per heavy atom. The number of carbonyl (C=O) groups excluding carboxylic acids is 5. The molecule has 1 aromatic rings. The van der Waals surface area contributed by atoms with Crippen molar-refractivity contribution in [1.82, 2.24) is 9.80 Å². The molecule has 0 radical (unpaired) electrons. The van der Waals surface area contributed by atoms with Crippen LogP contribution in [0.5, 0.6) is 0 Å². The Labute approximate surface area is 167 Å². The number of carbonyl (C=O) groups is 5. The van der Waals surface area contributed by atoms with E-state index in [1.165, 1.54) is 12.0 Å². The molecule has 0 aliphatic carbocycles. The molecule has 154 valence electrons. The number of nitrogens with zero attached hydrogens (tertiary/aromatic N) is 2. The Bertz CT molecular complexity index is 843. The molecule has 0 unspecified atom stereocenters. The highest BCUT2D eigenvalue weighted by atomic mass is 16.5. The molecule has 1 saturated heterocycles. The number of ether oxygens (including phenoxy) is 2. The fraction of sp³-hybridized carbons (Fsp3) is 0.450. The van der Waals surface area contributed by atoms with Gasteiger partial charge >= 0.3 is 11.9 Å². The zero-order valence-corrected chi connectivity index (χ0v) is 16.1. The first-order valence-corrected chi connectivity index (χ1v) is 9.34. The molecule has 2 aliphatic heterocycles. The van der Waals surface area contributed by atoms with Crippen LogP contribution in [0.4, 0.5) is 0 Å². The van der Waals surface area contributed by atoms with Gasteiger partial charge < -0.3 is 14.4 Å². The fourth-order valence-corrected chi connectivity index (χ4v) is 3.50. The van der Waals surface area contributed by atoms with Crippen LogP contribution in [0, 0.1) is 5.92 Å². The summed E-state index contributed by atoms with van der Waals surface area (Å²) < 4.78 is 9.68. The average Bonchev–Trinajstić information content (AvgIpc) is 2.74. The van der Waals surface area contributed by atoms with Gasteiger partial charge in [0.15, 0.2) is 6.61 Å². The molecule has 2 heterocycles. The predicted molar refractivity (Wildman–Crippen MR) is 98.5 cm³/mol. The Balaban J connectivity index is 1.48.